The molecule has 0 spiro atoms. The van der Waals surface area contributed by atoms with Gasteiger partial charge in [-0.05, 0) is 43.0 Å². The van der Waals surface area contributed by atoms with Gasteiger partial charge in [0.25, 0.3) is 0 Å². The SMILES string of the molecule is CSc1ccccc1NC(=O)C(C)Sc1nnc(-c2ccco2)n1Cc1ccccc1. The first kappa shape index (κ1) is 21.3. The second-order valence-electron chi connectivity index (χ2n) is 6.80. The van der Waals surface area contributed by atoms with Gasteiger partial charge in [0.2, 0.25) is 11.7 Å². The minimum absolute atomic E-state index is 0.0830. The van der Waals surface area contributed by atoms with Crippen molar-refractivity contribution in [2.24, 2.45) is 0 Å². The van der Waals surface area contributed by atoms with Gasteiger partial charge in [0.15, 0.2) is 10.9 Å². The summed E-state index contributed by atoms with van der Waals surface area (Å²) in [7, 11) is 0. The summed E-state index contributed by atoms with van der Waals surface area (Å²) in [4.78, 5) is 13.9. The molecule has 31 heavy (non-hydrogen) atoms. The molecular weight excluding hydrogens is 428 g/mol. The summed E-state index contributed by atoms with van der Waals surface area (Å²) < 4.78 is 7.54. The van der Waals surface area contributed by atoms with Gasteiger partial charge in [0.1, 0.15) is 0 Å². The van der Waals surface area contributed by atoms with Crippen LogP contribution in [0.15, 0.2) is 87.5 Å². The van der Waals surface area contributed by atoms with E-state index in [-0.39, 0.29) is 11.2 Å². The van der Waals surface area contributed by atoms with Crippen molar-refractivity contribution in [2.45, 2.75) is 28.8 Å². The first-order chi connectivity index (χ1) is 15.2. The molecule has 1 amide bonds. The summed E-state index contributed by atoms with van der Waals surface area (Å²) in [5, 5.41) is 12.0. The second-order valence-corrected chi connectivity index (χ2v) is 8.96. The number of thioether (sulfide) groups is 2. The number of benzene rings is 2. The quantitative estimate of drug-likeness (QED) is 0.361. The van der Waals surface area contributed by atoms with Crippen molar-refractivity contribution in [3.63, 3.8) is 0 Å². The van der Waals surface area contributed by atoms with Gasteiger partial charge in [-0.3, -0.25) is 9.36 Å². The van der Waals surface area contributed by atoms with Crippen molar-refractivity contribution < 1.29 is 9.21 Å². The van der Waals surface area contributed by atoms with Gasteiger partial charge in [-0.15, -0.1) is 22.0 Å². The van der Waals surface area contributed by atoms with Gasteiger partial charge >= 0.3 is 0 Å². The van der Waals surface area contributed by atoms with Crippen LogP contribution in [0.5, 0.6) is 0 Å². The monoisotopic (exact) mass is 450 g/mol. The molecule has 0 saturated heterocycles. The molecule has 0 aliphatic rings. The maximum absolute atomic E-state index is 12.9. The van der Waals surface area contributed by atoms with E-state index in [1.807, 2.05) is 72.3 Å². The van der Waals surface area contributed by atoms with Crippen molar-refractivity contribution in [3.05, 3.63) is 78.6 Å². The highest BCUT2D eigenvalue weighted by atomic mass is 32.2. The van der Waals surface area contributed by atoms with E-state index in [1.165, 1.54) is 11.8 Å². The van der Waals surface area contributed by atoms with Crippen LogP contribution in [-0.2, 0) is 11.3 Å². The molecule has 0 aliphatic carbocycles. The Morgan fingerprint density at radius 1 is 1.06 bits per heavy atom. The second kappa shape index (κ2) is 9.89. The van der Waals surface area contributed by atoms with Crippen LogP contribution in [0.1, 0.15) is 12.5 Å². The molecule has 4 aromatic rings. The third kappa shape index (κ3) is 5.03. The van der Waals surface area contributed by atoms with Crippen LogP contribution in [-0.4, -0.2) is 32.2 Å². The van der Waals surface area contributed by atoms with Crippen molar-refractivity contribution in [2.75, 3.05) is 11.6 Å². The van der Waals surface area contributed by atoms with Crippen molar-refractivity contribution in [1.82, 2.24) is 14.8 Å². The number of carbonyl (C=O) groups excluding carboxylic acids is 1. The lowest BCUT2D eigenvalue weighted by Crippen LogP contribution is -2.23. The van der Waals surface area contributed by atoms with E-state index >= 15 is 0 Å². The number of carbonyl (C=O) groups is 1. The molecule has 158 valence electrons. The first-order valence-corrected chi connectivity index (χ1v) is 11.9. The molecule has 1 unspecified atom stereocenters. The molecule has 8 heteroatoms. The molecule has 1 atom stereocenters. The molecule has 2 heterocycles. The highest BCUT2D eigenvalue weighted by Gasteiger charge is 2.22. The van der Waals surface area contributed by atoms with Crippen LogP contribution >= 0.6 is 23.5 Å². The molecule has 0 aliphatic heterocycles. The zero-order valence-corrected chi connectivity index (χ0v) is 18.8. The minimum atomic E-state index is -0.363. The summed E-state index contributed by atoms with van der Waals surface area (Å²) >= 11 is 2.98. The maximum atomic E-state index is 12.9. The number of anilines is 1. The molecular formula is C23H22N4O2S2. The number of furan rings is 1. The Bertz CT molecular complexity index is 1140. The number of rotatable bonds is 8. The first-order valence-electron chi connectivity index (χ1n) is 9.77. The number of hydrogen-bond acceptors (Lipinski definition) is 6. The number of nitrogens with one attached hydrogen (secondary N) is 1. The maximum Gasteiger partial charge on any atom is 0.237 e. The minimum Gasteiger partial charge on any atom is -0.461 e. The molecule has 1 N–H and O–H groups in total. The average molecular weight is 451 g/mol. The van der Waals surface area contributed by atoms with Gasteiger partial charge in [0.05, 0.1) is 23.7 Å². The number of para-hydroxylation sites is 1. The number of nitrogens with zero attached hydrogens (tertiary/aromatic N) is 3. The summed E-state index contributed by atoms with van der Waals surface area (Å²) in [6.07, 6.45) is 3.61. The van der Waals surface area contributed by atoms with E-state index < -0.39 is 0 Å². The van der Waals surface area contributed by atoms with Gasteiger partial charge in [-0.2, -0.15) is 0 Å². The lowest BCUT2D eigenvalue weighted by Gasteiger charge is -2.15. The van der Waals surface area contributed by atoms with E-state index in [0.717, 1.165) is 16.1 Å². The van der Waals surface area contributed by atoms with Gasteiger partial charge < -0.3 is 9.73 Å². The molecule has 6 nitrogen and oxygen atoms in total. The van der Waals surface area contributed by atoms with Crippen LogP contribution in [0.25, 0.3) is 11.6 Å². The Balaban J connectivity index is 1.56. The topological polar surface area (TPSA) is 73.0 Å². The smallest absolute Gasteiger partial charge is 0.237 e. The third-order valence-corrected chi connectivity index (χ3v) is 6.53. The molecule has 2 aromatic heterocycles. The van der Waals surface area contributed by atoms with Crippen LogP contribution in [0, 0.1) is 0 Å². The van der Waals surface area contributed by atoms with Gasteiger partial charge in [-0.1, -0.05) is 54.2 Å². The molecule has 2 aromatic carbocycles. The molecule has 0 fully saturated rings. The molecule has 0 bridgehead atoms. The Morgan fingerprint density at radius 2 is 1.84 bits per heavy atom. The van der Waals surface area contributed by atoms with Crippen molar-refractivity contribution >= 4 is 35.1 Å². The summed E-state index contributed by atoms with van der Waals surface area (Å²) in [6, 6.07) is 21.5. The lowest BCUT2D eigenvalue weighted by atomic mass is 10.2. The van der Waals surface area contributed by atoms with E-state index in [9.17, 15) is 4.79 Å². The third-order valence-electron chi connectivity index (χ3n) is 4.66. The summed E-state index contributed by atoms with van der Waals surface area (Å²) in [5.41, 5.74) is 1.93. The van der Waals surface area contributed by atoms with E-state index in [4.69, 9.17) is 4.42 Å². The van der Waals surface area contributed by atoms with Gasteiger partial charge in [0, 0.05) is 4.90 Å². The zero-order chi connectivity index (χ0) is 21.6. The average Bonchev–Trinajstić information content (AvgIpc) is 3.45. The zero-order valence-electron chi connectivity index (χ0n) is 17.2. The fraction of sp³-hybridized carbons (Fsp3) is 0.174. The van der Waals surface area contributed by atoms with Crippen LogP contribution in [0.4, 0.5) is 5.69 Å². The van der Waals surface area contributed by atoms with Crippen LogP contribution in [0.3, 0.4) is 0 Å². The van der Waals surface area contributed by atoms with E-state index in [2.05, 4.69) is 27.6 Å². The standard InChI is InChI=1S/C23H22N4O2S2/c1-16(22(28)24-18-11-6-7-13-20(18)30-2)31-23-26-25-21(19-12-8-14-29-19)27(23)15-17-9-4-3-5-10-17/h3-14,16H,15H2,1-2H3,(H,24,28). The Hall–Kier alpha value is -2.97. The fourth-order valence-electron chi connectivity index (χ4n) is 3.07. The normalized spacial score (nSPS) is 11.9. The highest BCUT2D eigenvalue weighted by Crippen LogP contribution is 2.30. The van der Waals surface area contributed by atoms with E-state index in [1.54, 1.807) is 18.0 Å². The van der Waals surface area contributed by atoms with Crippen molar-refractivity contribution in [3.8, 4) is 11.6 Å². The predicted octanol–water partition coefficient (Wildman–Crippen LogP) is 5.43. The fourth-order valence-corrected chi connectivity index (χ4v) is 4.47. The Morgan fingerprint density at radius 3 is 2.58 bits per heavy atom. The lowest BCUT2D eigenvalue weighted by molar-refractivity contribution is -0.115. The molecule has 4 rings (SSSR count). The number of hydrogen-bond donors (Lipinski definition) is 1. The summed E-state index contributed by atoms with van der Waals surface area (Å²) in [6.45, 7) is 2.45. The van der Waals surface area contributed by atoms with Crippen LogP contribution < -0.4 is 5.32 Å². The molecule has 0 radical (unpaired) electrons. The highest BCUT2D eigenvalue weighted by molar-refractivity contribution is 8.00. The van der Waals surface area contributed by atoms with Crippen LogP contribution in [0.2, 0.25) is 0 Å². The van der Waals surface area contributed by atoms with Crippen molar-refractivity contribution in [1.29, 1.82) is 0 Å². The van der Waals surface area contributed by atoms with E-state index in [0.29, 0.717) is 23.3 Å². The number of amides is 1. The van der Waals surface area contributed by atoms with Gasteiger partial charge in [-0.25, -0.2) is 0 Å². The number of aromatic nitrogens is 3. The largest absolute Gasteiger partial charge is 0.461 e. The predicted molar refractivity (Wildman–Crippen MR) is 125 cm³/mol. The Kier molecular flexibility index (Phi) is 6.79. The Labute approximate surface area is 189 Å². The molecule has 0 saturated carbocycles. The summed E-state index contributed by atoms with van der Waals surface area (Å²) in [5.74, 6) is 1.19.